The number of hydrogen-bond donors (Lipinski definition) is 2. The van der Waals surface area contributed by atoms with Gasteiger partial charge in [-0.1, -0.05) is 18.4 Å². The number of thiophene rings is 1. The first kappa shape index (κ1) is 12.6. The number of carbonyl (C=O) groups excluding carboxylic acids is 1. The van der Waals surface area contributed by atoms with Crippen molar-refractivity contribution in [2.45, 2.75) is 18.9 Å². The minimum atomic E-state index is -2.48. The number of nitrogens with one attached hydrogen (secondary N) is 2. The zero-order valence-corrected chi connectivity index (χ0v) is 10.3. The highest BCUT2D eigenvalue weighted by atomic mass is 32.1. The van der Waals surface area contributed by atoms with Crippen molar-refractivity contribution < 1.29 is 13.6 Å². The van der Waals surface area contributed by atoms with Gasteiger partial charge in [0.2, 0.25) is 0 Å². The van der Waals surface area contributed by atoms with E-state index in [1.54, 1.807) is 12.3 Å². The molecular formula is C12H10F2N2OS. The molecule has 1 aromatic heterocycles. The predicted molar refractivity (Wildman–Crippen MR) is 65.4 cm³/mol. The third-order valence-corrected chi connectivity index (χ3v) is 3.46. The molecule has 6 heteroatoms. The SMILES string of the molecule is C=C1NC(=O)NC1(C)C#Cc1csc(C(F)F)c1. The Morgan fingerprint density at radius 1 is 1.56 bits per heavy atom. The molecule has 18 heavy (non-hydrogen) atoms. The molecule has 3 nitrogen and oxygen atoms in total. The first-order valence-corrected chi connectivity index (χ1v) is 5.97. The lowest BCUT2D eigenvalue weighted by Gasteiger charge is -2.15. The molecule has 1 atom stereocenters. The maximum atomic E-state index is 12.4. The van der Waals surface area contributed by atoms with Crippen LogP contribution in [0.4, 0.5) is 13.6 Å². The molecule has 0 aliphatic carbocycles. The van der Waals surface area contributed by atoms with Gasteiger partial charge in [-0.25, -0.2) is 13.6 Å². The van der Waals surface area contributed by atoms with E-state index >= 15 is 0 Å². The number of urea groups is 1. The van der Waals surface area contributed by atoms with Crippen molar-refractivity contribution in [3.8, 4) is 11.8 Å². The van der Waals surface area contributed by atoms with E-state index in [-0.39, 0.29) is 10.9 Å². The van der Waals surface area contributed by atoms with E-state index in [9.17, 15) is 13.6 Å². The van der Waals surface area contributed by atoms with Crippen LogP contribution in [-0.4, -0.2) is 11.6 Å². The molecular weight excluding hydrogens is 258 g/mol. The summed E-state index contributed by atoms with van der Waals surface area (Å²) in [5.74, 6) is 5.59. The molecule has 1 aliphatic heterocycles. The summed E-state index contributed by atoms with van der Waals surface area (Å²) >= 11 is 0.962. The van der Waals surface area contributed by atoms with Crippen molar-refractivity contribution in [2.24, 2.45) is 0 Å². The van der Waals surface area contributed by atoms with Crippen molar-refractivity contribution in [1.29, 1.82) is 0 Å². The topological polar surface area (TPSA) is 41.1 Å². The van der Waals surface area contributed by atoms with Crippen molar-refractivity contribution in [2.75, 3.05) is 0 Å². The number of amides is 2. The van der Waals surface area contributed by atoms with E-state index in [2.05, 4.69) is 29.1 Å². The van der Waals surface area contributed by atoms with Gasteiger partial charge < -0.3 is 10.6 Å². The van der Waals surface area contributed by atoms with E-state index in [4.69, 9.17) is 0 Å². The van der Waals surface area contributed by atoms with Gasteiger partial charge in [0, 0.05) is 16.6 Å². The second-order valence-corrected chi connectivity index (χ2v) is 4.91. The molecule has 0 aromatic carbocycles. The first-order valence-electron chi connectivity index (χ1n) is 5.09. The molecule has 2 rings (SSSR count). The van der Waals surface area contributed by atoms with Crippen LogP contribution in [0.5, 0.6) is 0 Å². The average Bonchev–Trinajstić information content (AvgIpc) is 2.82. The summed E-state index contributed by atoms with van der Waals surface area (Å²) < 4.78 is 24.8. The molecule has 2 heterocycles. The van der Waals surface area contributed by atoms with Gasteiger partial charge in [0.15, 0.2) is 0 Å². The standard InChI is InChI=1S/C12H10F2N2OS/c1-7-12(2,16-11(17)15-7)4-3-8-5-9(10(13)14)18-6-8/h5-6,10H,1H2,2H3,(H2,15,16,17). The number of rotatable bonds is 1. The van der Waals surface area contributed by atoms with Crippen molar-refractivity contribution in [1.82, 2.24) is 10.6 Å². The first-order chi connectivity index (χ1) is 8.40. The summed E-state index contributed by atoms with van der Waals surface area (Å²) in [6, 6.07) is 0.981. The Morgan fingerprint density at radius 3 is 2.78 bits per heavy atom. The summed E-state index contributed by atoms with van der Waals surface area (Å²) in [5.41, 5.74) is 0.0825. The number of alkyl halides is 2. The molecule has 0 spiro atoms. The highest BCUT2D eigenvalue weighted by Gasteiger charge is 2.35. The lowest BCUT2D eigenvalue weighted by molar-refractivity contribution is 0.155. The molecule has 1 aliphatic rings. The summed E-state index contributed by atoms with van der Waals surface area (Å²) in [7, 11) is 0. The smallest absolute Gasteiger partial charge is 0.316 e. The van der Waals surface area contributed by atoms with Crippen LogP contribution in [0.2, 0.25) is 0 Å². The highest BCUT2D eigenvalue weighted by molar-refractivity contribution is 7.10. The Bertz CT molecular complexity index is 570. The normalized spacial score (nSPS) is 22.4. The third kappa shape index (κ3) is 2.36. The summed E-state index contributed by atoms with van der Waals surface area (Å²) in [6.45, 7) is 5.38. The van der Waals surface area contributed by atoms with Crippen LogP contribution in [0.1, 0.15) is 23.8 Å². The van der Waals surface area contributed by atoms with Gasteiger partial charge >= 0.3 is 6.03 Å². The zero-order chi connectivity index (χ0) is 13.3. The second kappa shape index (κ2) is 4.42. The Kier molecular flexibility index (Phi) is 3.09. The van der Waals surface area contributed by atoms with Crippen LogP contribution in [0, 0.1) is 11.8 Å². The van der Waals surface area contributed by atoms with E-state index in [0.717, 1.165) is 11.3 Å². The Hall–Kier alpha value is -1.87. The average molecular weight is 268 g/mol. The largest absolute Gasteiger partial charge is 0.320 e. The van der Waals surface area contributed by atoms with Crippen LogP contribution in [0.15, 0.2) is 23.7 Å². The molecule has 1 saturated heterocycles. The molecule has 0 saturated carbocycles. The van der Waals surface area contributed by atoms with Gasteiger partial charge in [-0.2, -0.15) is 0 Å². The van der Waals surface area contributed by atoms with Crippen LogP contribution in [0.3, 0.4) is 0 Å². The van der Waals surface area contributed by atoms with Gasteiger partial charge in [-0.3, -0.25) is 0 Å². The minimum absolute atomic E-state index is 0.0168. The summed E-state index contributed by atoms with van der Waals surface area (Å²) in [6.07, 6.45) is -2.48. The van der Waals surface area contributed by atoms with E-state index in [1.807, 2.05) is 0 Å². The Balaban J connectivity index is 2.21. The van der Waals surface area contributed by atoms with Gasteiger partial charge in [0.25, 0.3) is 6.43 Å². The quantitative estimate of drug-likeness (QED) is 0.755. The number of halogens is 2. The maximum absolute atomic E-state index is 12.4. The molecule has 0 bridgehead atoms. The zero-order valence-electron chi connectivity index (χ0n) is 9.51. The van der Waals surface area contributed by atoms with E-state index < -0.39 is 12.0 Å². The van der Waals surface area contributed by atoms with Crippen LogP contribution < -0.4 is 10.6 Å². The van der Waals surface area contributed by atoms with Crippen molar-refractivity contribution >= 4 is 17.4 Å². The predicted octanol–water partition coefficient (Wildman–Crippen LogP) is 2.62. The molecule has 1 aromatic rings. The Labute approximate surface area is 107 Å². The lowest BCUT2D eigenvalue weighted by atomic mass is 10.0. The van der Waals surface area contributed by atoms with E-state index in [0.29, 0.717) is 11.3 Å². The fraction of sp³-hybridized carbons (Fsp3) is 0.250. The number of carbonyl (C=O) groups is 1. The molecule has 2 amide bonds. The fourth-order valence-electron chi connectivity index (χ4n) is 1.43. The van der Waals surface area contributed by atoms with Crippen LogP contribution in [-0.2, 0) is 0 Å². The number of hydrogen-bond acceptors (Lipinski definition) is 2. The minimum Gasteiger partial charge on any atom is -0.316 e. The Morgan fingerprint density at radius 2 is 2.28 bits per heavy atom. The monoisotopic (exact) mass is 268 g/mol. The van der Waals surface area contributed by atoms with E-state index in [1.165, 1.54) is 6.07 Å². The third-order valence-electron chi connectivity index (χ3n) is 2.52. The van der Waals surface area contributed by atoms with Gasteiger partial charge in [0.1, 0.15) is 5.54 Å². The van der Waals surface area contributed by atoms with Crippen molar-refractivity contribution in [3.63, 3.8) is 0 Å². The molecule has 1 fully saturated rings. The maximum Gasteiger partial charge on any atom is 0.320 e. The molecule has 0 radical (unpaired) electrons. The molecule has 2 N–H and O–H groups in total. The summed E-state index contributed by atoms with van der Waals surface area (Å²) in [5, 5.41) is 6.67. The molecule has 1 unspecified atom stereocenters. The van der Waals surface area contributed by atoms with Crippen LogP contribution in [0.25, 0.3) is 0 Å². The van der Waals surface area contributed by atoms with Crippen LogP contribution >= 0.6 is 11.3 Å². The lowest BCUT2D eigenvalue weighted by Crippen LogP contribution is -2.37. The van der Waals surface area contributed by atoms with Crippen molar-refractivity contribution in [3.05, 3.63) is 34.2 Å². The van der Waals surface area contributed by atoms with Gasteiger partial charge in [-0.15, -0.1) is 11.3 Å². The second-order valence-electron chi connectivity index (χ2n) is 3.97. The summed E-state index contributed by atoms with van der Waals surface area (Å²) in [4.78, 5) is 11.1. The fourth-order valence-corrected chi connectivity index (χ4v) is 2.12. The molecule has 94 valence electrons. The van der Waals surface area contributed by atoms with Gasteiger partial charge in [-0.05, 0) is 13.0 Å². The van der Waals surface area contributed by atoms with Gasteiger partial charge in [0.05, 0.1) is 4.88 Å². The highest BCUT2D eigenvalue weighted by Crippen LogP contribution is 2.26.